The zero-order chi connectivity index (χ0) is 12.3. The average molecular weight is 332 g/mol. The highest BCUT2D eigenvalue weighted by Gasteiger charge is 2.04. The van der Waals surface area contributed by atoms with Crippen LogP contribution in [0.15, 0.2) is 46.9 Å². The van der Waals surface area contributed by atoms with E-state index >= 15 is 0 Å². The topological polar surface area (TPSA) is 9.23 Å². The van der Waals surface area contributed by atoms with Crippen LogP contribution in [-0.4, -0.2) is 0 Å². The third-order valence-electron chi connectivity index (χ3n) is 2.24. The van der Waals surface area contributed by atoms with Gasteiger partial charge in [0.2, 0.25) is 0 Å². The third-order valence-corrected chi connectivity index (χ3v) is 3.63. The quantitative estimate of drug-likeness (QED) is 0.738. The first-order valence-corrected chi connectivity index (χ1v) is 6.53. The number of benzene rings is 2. The molecule has 17 heavy (non-hydrogen) atoms. The molecule has 1 nitrogen and oxygen atoms in total. The Balaban J connectivity index is 2.07. The number of ether oxygens (including phenoxy) is 1. The third kappa shape index (κ3) is 3.38. The van der Waals surface area contributed by atoms with Gasteiger partial charge in [0, 0.05) is 10.0 Å². The lowest BCUT2D eigenvalue weighted by Gasteiger charge is -2.08. The lowest BCUT2D eigenvalue weighted by atomic mass is 10.2. The van der Waals surface area contributed by atoms with E-state index in [1.807, 2.05) is 36.4 Å². The molecule has 88 valence electrons. The molecule has 0 aromatic heterocycles. The van der Waals surface area contributed by atoms with Crippen molar-refractivity contribution in [2.45, 2.75) is 6.61 Å². The molecule has 2 aromatic carbocycles. The lowest BCUT2D eigenvalue weighted by molar-refractivity contribution is 0.306. The van der Waals surface area contributed by atoms with Gasteiger partial charge in [-0.1, -0.05) is 51.3 Å². The number of hydrogen-bond donors (Lipinski definition) is 0. The molecule has 4 heteroatoms. The second kappa shape index (κ2) is 5.76. The summed E-state index contributed by atoms with van der Waals surface area (Å²) in [7, 11) is 0. The first-order chi connectivity index (χ1) is 8.16. The summed E-state index contributed by atoms with van der Waals surface area (Å²) in [4.78, 5) is 0. The minimum atomic E-state index is 0.404. The molecule has 0 aliphatic carbocycles. The molecular weight excluding hydrogens is 323 g/mol. The van der Waals surface area contributed by atoms with E-state index < -0.39 is 0 Å². The Morgan fingerprint density at radius 2 is 1.71 bits per heavy atom. The Hall–Kier alpha value is -0.700. The lowest BCUT2D eigenvalue weighted by Crippen LogP contribution is -1.96. The van der Waals surface area contributed by atoms with Crippen molar-refractivity contribution < 1.29 is 4.74 Å². The van der Waals surface area contributed by atoms with Crippen LogP contribution in [0.3, 0.4) is 0 Å². The molecule has 0 heterocycles. The average Bonchev–Trinajstić information content (AvgIpc) is 2.33. The Kier molecular flexibility index (Phi) is 4.32. The number of halogens is 3. The molecule has 0 saturated carbocycles. The van der Waals surface area contributed by atoms with Crippen LogP contribution in [0.5, 0.6) is 5.75 Å². The van der Waals surface area contributed by atoms with Crippen molar-refractivity contribution in [2.75, 3.05) is 0 Å². The first-order valence-electron chi connectivity index (χ1n) is 4.98. The zero-order valence-electron chi connectivity index (χ0n) is 8.79. The van der Waals surface area contributed by atoms with Gasteiger partial charge in [0.1, 0.15) is 12.4 Å². The van der Waals surface area contributed by atoms with Gasteiger partial charge in [-0.15, -0.1) is 0 Å². The van der Waals surface area contributed by atoms with Crippen molar-refractivity contribution in [3.05, 3.63) is 62.5 Å². The van der Waals surface area contributed by atoms with Crippen LogP contribution in [0.4, 0.5) is 0 Å². The van der Waals surface area contributed by atoms with Crippen LogP contribution in [0.2, 0.25) is 10.0 Å². The van der Waals surface area contributed by atoms with Crippen LogP contribution in [-0.2, 0) is 6.61 Å². The van der Waals surface area contributed by atoms with E-state index in [-0.39, 0.29) is 0 Å². The van der Waals surface area contributed by atoms with E-state index in [2.05, 4.69) is 15.9 Å². The standard InChI is InChI=1S/C13H9BrCl2O/c14-10-4-6-11(7-5-10)17-8-9-2-1-3-12(15)13(9)16/h1-7H,8H2. The molecular formula is C13H9BrCl2O. The largest absolute Gasteiger partial charge is 0.489 e. The maximum absolute atomic E-state index is 6.07. The van der Waals surface area contributed by atoms with E-state index in [9.17, 15) is 0 Å². The highest BCUT2D eigenvalue weighted by molar-refractivity contribution is 9.10. The van der Waals surface area contributed by atoms with Gasteiger partial charge >= 0.3 is 0 Å². The number of hydrogen-bond acceptors (Lipinski definition) is 1. The SMILES string of the molecule is Clc1cccc(COc2ccc(Br)cc2)c1Cl. The van der Waals surface area contributed by atoms with Crippen LogP contribution in [0.1, 0.15) is 5.56 Å². The van der Waals surface area contributed by atoms with E-state index in [0.717, 1.165) is 15.8 Å². The van der Waals surface area contributed by atoms with Gasteiger partial charge in [-0.3, -0.25) is 0 Å². The van der Waals surface area contributed by atoms with Crippen LogP contribution >= 0.6 is 39.1 Å². The van der Waals surface area contributed by atoms with Crippen molar-refractivity contribution >= 4 is 39.1 Å². The summed E-state index contributed by atoms with van der Waals surface area (Å²) in [5.41, 5.74) is 0.877. The van der Waals surface area contributed by atoms with E-state index in [1.54, 1.807) is 6.07 Å². The smallest absolute Gasteiger partial charge is 0.119 e. The Morgan fingerprint density at radius 1 is 1.00 bits per heavy atom. The molecule has 0 atom stereocenters. The Labute approximate surface area is 118 Å². The maximum atomic E-state index is 6.07. The fourth-order valence-corrected chi connectivity index (χ4v) is 1.99. The maximum Gasteiger partial charge on any atom is 0.119 e. The summed E-state index contributed by atoms with van der Waals surface area (Å²) >= 11 is 15.4. The molecule has 0 unspecified atom stereocenters. The molecule has 0 bridgehead atoms. The molecule has 0 spiro atoms. The minimum absolute atomic E-state index is 0.404. The van der Waals surface area contributed by atoms with E-state index in [1.165, 1.54) is 0 Å². The Morgan fingerprint density at radius 3 is 2.41 bits per heavy atom. The van der Waals surface area contributed by atoms with Gasteiger partial charge in [0.15, 0.2) is 0 Å². The number of rotatable bonds is 3. The van der Waals surface area contributed by atoms with Gasteiger partial charge < -0.3 is 4.74 Å². The van der Waals surface area contributed by atoms with Crippen LogP contribution in [0.25, 0.3) is 0 Å². The normalized spacial score (nSPS) is 10.3. The van der Waals surface area contributed by atoms with Gasteiger partial charge in [-0.05, 0) is 30.3 Å². The molecule has 0 amide bonds. The predicted molar refractivity (Wildman–Crippen MR) is 74.9 cm³/mol. The summed E-state index contributed by atoms with van der Waals surface area (Å²) in [6, 6.07) is 13.1. The summed E-state index contributed by atoms with van der Waals surface area (Å²) in [5, 5.41) is 1.09. The molecule has 0 radical (unpaired) electrons. The summed E-state index contributed by atoms with van der Waals surface area (Å²) < 4.78 is 6.64. The fourth-order valence-electron chi connectivity index (χ4n) is 1.35. The van der Waals surface area contributed by atoms with Gasteiger partial charge in [-0.2, -0.15) is 0 Å². The van der Waals surface area contributed by atoms with Crippen molar-refractivity contribution in [3.8, 4) is 5.75 Å². The van der Waals surface area contributed by atoms with Gasteiger partial charge in [0.05, 0.1) is 10.0 Å². The minimum Gasteiger partial charge on any atom is -0.489 e. The van der Waals surface area contributed by atoms with Crippen molar-refractivity contribution in [2.24, 2.45) is 0 Å². The van der Waals surface area contributed by atoms with Gasteiger partial charge in [0.25, 0.3) is 0 Å². The van der Waals surface area contributed by atoms with E-state index in [4.69, 9.17) is 27.9 Å². The summed E-state index contributed by atoms with van der Waals surface area (Å²) in [6.07, 6.45) is 0. The summed E-state index contributed by atoms with van der Waals surface area (Å²) in [6.45, 7) is 0.404. The molecule has 2 aromatic rings. The second-order valence-corrected chi connectivity index (χ2v) is 5.16. The summed E-state index contributed by atoms with van der Waals surface area (Å²) in [5.74, 6) is 0.796. The Bertz CT molecular complexity index is 511. The van der Waals surface area contributed by atoms with Gasteiger partial charge in [-0.25, -0.2) is 0 Å². The zero-order valence-corrected chi connectivity index (χ0v) is 11.9. The molecule has 0 fully saturated rings. The van der Waals surface area contributed by atoms with Crippen molar-refractivity contribution in [1.29, 1.82) is 0 Å². The van der Waals surface area contributed by atoms with Crippen LogP contribution < -0.4 is 4.74 Å². The fraction of sp³-hybridized carbons (Fsp3) is 0.0769. The second-order valence-electron chi connectivity index (χ2n) is 3.46. The predicted octanol–water partition coefficient (Wildman–Crippen LogP) is 5.33. The van der Waals surface area contributed by atoms with Crippen molar-refractivity contribution in [1.82, 2.24) is 0 Å². The van der Waals surface area contributed by atoms with Crippen molar-refractivity contribution in [3.63, 3.8) is 0 Å². The van der Waals surface area contributed by atoms with Crippen LogP contribution in [0, 0.1) is 0 Å². The highest BCUT2D eigenvalue weighted by Crippen LogP contribution is 2.26. The molecule has 0 aliphatic heterocycles. The monoisotopic (exact) mass is 330 g/mol. The first kappa shape index (κ1) is 12.7. The highest BCUT2D eigenvalue weighted by atomic mass is 79.9. The molecule has 0 aliphatic rings. The van der Waals surface area contributed by atoms with E-state index in [0.29, 0.717) is 16.7 Å². The molecule has 2 rings (SSSR count). The molecule has 0 N–H and O–H groups in total. The molecule has 0 saturated heterocycles.